The van der Waals surface area contributed by atoms with Gasteiger partial charge in [0.1, 0.15) is 0 Å². The zero-order valence-corrected chi connectivity index (χ0v) is 10.1. The minimum atomic E-state index is 0.0584. The Morgan fingerprint density at radius 2 is 2.19 bits per heavy atom. The van der Waals surface area contributed by atoms with Crippen molar-refractivity contribution in [2.75, 3.05) is 18.9 Å². The van der Waals surface area contributed by atoms with E-state index in [-0.39, 0.29) is 5.91 Å². The molecule has 1 saturated heterocycles. The van der Waals surface area contributed by atoms with E-state index in [1.165, 1.54) is 10.6 Å². The first kappa shape index (κ1) is 11.5. The molecule has 1 aliphatic rings. The summed E-state index contributed by atoms with van der Waals surface area (Å²) in [5.74, 6) is 0.506. The number of hydrogen-bond donors (Lipinski definition) is 0. The second kappa shape index (κ2) is 5.37. The van der Waals surface area contributed by atoms with E-state index in [0.717, 1.165) is 17.9 Å². The van der Waals surface area contributed by atoms with E-state index >= 15 is 0 Å². The van der Waals surface area contributed by atoms with Crippen LogP contribution in [0.3, 0.4) is 0 Å². The molecular formula is C12H15NO2S. The number of benzene rings is 1. The first-order valence-electron chi connectivity index (χ1n) is 5.38. The van der Waals surface area contributed by atoms with Crippen LogP contribution in [0.15, 0.2) is 29.2 Å². The Morgan fingerprint density at radius 1 is 1.44 bits per heavy atom. The summed E-state index contributed by atoms with van der Waals surface area (Å²) in [7, 11) is 0. The molecule has 1 aromatic rings. The maximum Gasteiger partial charge on any atom is 0.256 e. The van der Waals surface area contributed by atoms with Crippen molar-refractivity contribution in [3.8, 4) is 0 Å². The molecule has 0 N–H and O–H groups in total. The van der Waals surface area contributed by atoms with Gasteiger partial charge in [0.05, 0.1) is 18.9 Å². The van der Waals surface area contributed by atoms with E-state index in [0.29, 0.717) is 12.4 Å². The van der Waals surface area contributed by atoms with Gasteiger partial charge in [-0.05, 0) is 25.5 Å². The van der Waals surface area contributed by atoms with Crippen LogP contribution < -0.4 is 0 Å². The molecule has 16 heavy (non-hydrogen) atoms. The van der Waals surface area contributed by atoms with Crippen molar-refractivity contribution >= 4 is 17.7 Å². The van der Waals surface area contributed by atoms with Crippen LogP contribution in [-0.4, -0.2) is 29.9 Å². The largest absolute Gasteiger partial charge is 0.272 e. The van der Waals surface area contributed by atoms with Crippen LogP contribution in [0.1, 0.15) is 12.0 Å². The molecular weight excluding hydrogens is 222 g/mol. The lowest BCUT2D eigenvalue weighted by atomic mass is 10.2. The number of amides is 1. The Labute approximate surface area is 99.7 Å². The van der Waals surface area contributed by atoms with Gasteiger partial charge >= 0.3 is 0 Å². The highest BCUT2D eigenvalue weighted by atomic mass is 32.2. The van der Waals surface area contributed by atoms with E-state index in [1.807, 2.05) is 12.1 Å². The second-order valence-electron chi connectivity index (χ2n) is 3.78. The number of hydroxylamine groups is 2. The van der Waals surface area contributed by atoms with Crippen LogP contribution in [-0.2, 0) is 9.63 Å². The van der Waals surface area contributed by atoms with Gasteiger partial charge in [0, 0.05) is 4.90 Å². The highest BCUT2D eigenvalue weighted by molar-refractivity contribution is 8.00. The molecule has 86 valence electrons. The number of rotatable bonds is 3. The highest BCUT2D eigenvalue weighted by Gasteiger charge is 2.18. The summed E-state index contributed by atoms with van der Waals surface area (Å²) in [6, 6.07) is 8.19. The molecule has 0 unspecified atom stereocenters. The van der Waals surface area contributed by atoms with Gasteiger partial charge in [0.15, 0.2) is 0 Å². The van der Waals surface area contributed by atoms with Crippen molar-refractivity contribution in [3.05, 3.63) is 29.8 Å². The fraction of sp³-hybridized carbons (Fsp3) is 0.417. The number of carbonyl (C=O) groups is 1. The lowest BCUT2D eigenvalue weighted by Crippen LogP contribution is -2.28. The van der Waals surface area contributed by atoms with E-state index in [9.17, 15) is 4.79 Å². The lowest BCUT2D eigenvalue weighted by molar-refractivity contribution is -0.165. The Morgan fingerprint density at radius 3 is 2.81 bits per heavy atom. The summed E-state index contributed by atoms with van der Waals surface area (Å²) >= 11 is 1.55. The maximum absolute atomic E-state index is 11.7. The van der Waals surface area contributed by atoms with Gasteiger partial charge in [0.25, 0.3) is 5.91 Å². The van der Waals surface area contributed by atoms with Gasteiger partial charge in [-0.2, -0.15) is 0 Å². The van der Waals surface area contributed by atoms with Crippen LogP contribution >= 0.6 is 11.8 Å². The number of nitrogens with zero attached hydrogens (tertiary/aromatic N) is 1. The molecule has 0 radical (unpaired) electrons. The van der Waals surface area contributed by atoms with Crippen LogP contribution in [0.25, 0.3) is 0 Å². The van der Waals surface area contributed by atoms with Gasteiger partial charge in [-0.25, -0.2) is 5.06 Å². The van der Waals surface area contributed by atoms with Crippen LogP contribution in [0.5, 0.6) is 0 Å². The SMILES string of the molecule is Cc1ccc(SCC(=O)N2CCCO2)cc1. The van der Waals surface area contributed by atoms with Crippen molar-refractivity contribution in [1.29, 1.82) is 0 Å². The molecule has 1 amide bonds. The third kappa shape index (κ3) is 3.00. The first-order chi connectivity index (χ1) is 7.75. The van der Waals surface area contributed by atoms with Crippen LogP contribution in [0, 0.1) is 6.92 Å². The zero-order chi connectivity index (χ0) is 11.4. The Hall–Kier alpha value is -1.00. The van der Waals surface area contributed by atoms with Crippen molar-refractivity contribution in [2.45, 2.75) is 18.2 Å². The predicted molar refractivity (Wildman–Crippen MR) is 64.2 cm³/mol. The fourth-order valence-corrected chi connectivity index (χ4v) is 2.26. The highest BCUT2D eigenvalue weighted by Crippen LogP contribution is 2.19. The first-order valence-corrected chi connectivity index (χ1v) is 6.37. The van der Waals surface area contributed by atoms with Crippen LogP contribution in [0.2, 0.25) is 0 Å². The third-order valence-electron chi connectivity index (χ3n) is 2.41. The monoisotopic (exact) mass is 237 g/mol. The Balaban J connectivity index is 1.82. The number of thioether (sulfide) groups is 1. The molecule has 0 aliphatic carbocycles. The van der Waals surface area contributed by atoms with Crippen LogP contribution in [0.4, 0.5) is 0 Å². The fourth-order valence-electron chi connectivity index (χ4n) is 1.50. The number of carbonyl (C=O) groups excluding carboxylic acids is 1. The van der Waals surface area contributed by atoms with Gasteiger partial charge in [0.2, 0.25) is 0 Å². The second-order valence-corrected chi connectivity index (χ2v) is 4.83. The summed E-state index contributed by atoms with van der Waals surface area (Å²) in [5.41, 5.74) is 1.23. The Kier molecular flexibility index (Phi) is 3.85. The third-order valence-corrected chi connectivity index (χ3v) is 3.41. The topological polar surface area (TPSA) is 29.5 Å². The number of hydrogen-bond acceptors (Lipinski definition) is 3. The van der Waals surface area contributed by atoms with Crippen molar-refractivity contribution in [1.82, 2.24) is 5.06 Å². The Bertz CT molecular complexity index is 358. The molecule has 0 bridgehead atoms. The molecule has 0 saturated carbocycles. The quantitative estimate of drug-likeness (QED) is 0.755. The molecule has 1 heterocycles. The summed E-state index contributed by atoms with van der Waals surface area (Å²) in [6.45, 7) is 3.45. The van der Waals surface area contributed by atoms with Gasteiger partial charge in [-0.3, -0.25) is 9.63 Å². The molecule has 2 rings (SSSR count). The summed E-state index contributed by atoms with van der Waals surface area (Å²) in [6.07, 6.45) is 0.945. The van der Waals surface area contributed by atoms with Gasteiger partial charge < -0.3 is 0 Å². The van der Waals surface area contributed by atoms with E-state index in [1.54, 1.807) is 11.8 Å². The predicted octanol–water partition coefficient (Wildman–Crippen LogP) is 2.25. The van der Waals surface area contributed by atoms with Crippen molar-refractivity contribution in [3.63, 3.8) is 0 Å². The summed E-state index contributed by atoms with van der Waals surface area (Å²) < 4.78 is 0. The molecule has 4 heteroatoms. The van der Waals surface area contributed by atoms with E-state index < -0.39 is 0 Å². The smallest absolute Gasteiger partial charge is 0.256 e. The molecule has 0 spiro atoms. The maximum atomic E-state index is 11.7. The molecule has 0 aromatic heterocycles. The summed E-state index contributed by atoms with van der Waals surface area (Å²) in [5, 5.41) is 1.47. The van der Waals surface area contributed by atoms with Gasteiger partial charge in [-0.15, -0.1) is 11.8 Å². The average Bonchev–Trinajstić information content (AvgIpc) is 2.81. The number of aryl methyl sites for hydroxylation is 1. The molecule has 1 fully saturated rings. The zero-order valence-electron chi connectivity index (χ0n) is 9.31. The standard InChI is InChI=1S/C12H15NO2S/c1-10-3-5-11(6-4-10)16-9-12(14)13-7-2-8-15-13/h3-6H,2,7-9H2,1H3. The molecule has 3 nitrogen and oxygen atoms in total. The molecule has 0 atom stereocenters. The van der Waals surface area contributed by atoms with Gasteiger partial charge in [-0.1, -0.05) is 17.7 Å². The minimum absolute atomic E-state index is 0.0584. The summed E-state index contributed by atoms with van der Waals surface area (Å²) in [4.78, 5) is 18.0. The van der Waals surface area contributed by atoms with Crippen molar-refractivity contribution in [2.24, 2.45) is 0 Å². The molecule has 1 aliphatic heterocycles. The minimum Gasteiger partial charge on any atom is -0.272 e. The lowest BCUT2D eigenvalue weighted by Gasteiger charge is -2.13. The average molecular weight is 237 g/mol. The molecule has 1 aromatic carbocycles. The normalized spacial score (nSPS) is 15.4. The van der Waals surface area contributed by atoms with E-state index in [2.05, 4.69) is 19.1 Å². The van der Waals surface area contributed by atoms with Crippen molar-refractivity contribution < 1.29 is 9.63 Å². The van der Waals surface area contributed by atoms with E-state index in [4.69, 9.17) is 4.84 Å².